The van der Waals surface area contributed by atoms with Gasteiger partial charge in [-0.2, -0.15) is 18.2 Å². The topological polar surface area (TPSA) is 71.3 Å². The summed E-state index contributed by atoms with van der Waals surface area (Å²) in [6.07, 6.45) is -1.12. The lowest BCUT2D eigenvalue weighted by Gasteiger charge is -2.23. The molecule has 1 atom stereocenters. The Hall–Kier alpha value is -2.58. The van der Waals surface area contributed by atoms with Crippen LogP contribution >= 0.6 is 0 Å². The first-order valence-electron chi connectivity index (χ1n) is 8.51. The molecule has 1 unspecified atom stereocenters. The monoisotopic (exact) mass is 366 g/mol. The maximum absolute atomic E-state index is 13.1. The number of nitrogens with zero attached hydrogens (tertiary/aromatic N) is 3. The number of carbonyl (C=O) groups is 1. The molecular weight excluding hydrogens is 349 g/mol. The Labute approximate surface area is 147 Å². The van der Waals surface area contributed by atoms with Crippen molar-refractivity contribution in [2.45, 2.75) is 43.8 Å². The van der Waals surface area contributed by atoms with Crippen molar-refractivity contribution in [2.75, 3.05) is 11.9 Å². The highest BCUT2D eigenvalue weighted by molar-refractivity contribution is 5.90. The van der Waals surface area contributed by atoms with Gasteiger partial charge in [-0.25, -0.2) is 4.79 Å². The number of urea groups is 1. The lowest BCUT2D eigenvalue weighted by molar-refractivity contribution is -0.136. The SMILES string of the molecule is O=C(Nc1ccccc1C(F)(F)F)N1CCCC1c1nc(C2CC2)no1. The molecule has 2 aliphatic rings. The molecule has 0 radical (unpaired) electrons. The average Bonchev–Trinajstić information content (AvgIpc) is 3.13. The van der Waals surface area contributed by atoms with Gasteiger partial charge in [0.2, 0.25) is 5.89 Å². The normalized spacial score (nSPS) is 20.4. The van der Waals surface area contributed by atoms with Gasteiger partial charge in [-0.05, 0) is 37.8 Å². The number of anilines is 1. The summed E-state index contributed by atoms with van der Waals surface area (Å²) >= 11 is 0. The largest absolute Gasteiger partial charge is 0.418 e. The molecule has 2 fully saturated rings. The van der Waals surface area contributed by atoms with Crippen LogP contribution in [0.1, 0.15) is 54.9 Å². The zero-order valence-corrected chi connectivity index (χ0v) is 13.8. The average molecular weight is 366 g/mol. The second kappa shape index (κ2) is 6.30. The van der Waals surface area contributed by atoms with Gasteiger partial charge in [-0.3, -0.25) is 0 Å². The van der Waals surface area contributed by atoms with Crippen LogP contribution in [0, 0.1) is 0 Å². The van der Waals surface area contributed by atoms with E-state index in [-0.39, 0.29) is 5.69 Å². The summed E-state index contributed by atoms with van der Waals surface area (Å²) in [4.78, 5) is 18.4. The number of hydrogen-bond acceptors (Lipinski definition) is 4. The number of benzene rings is 1. The Balaban J connectivity index is 1.52. The summed E-state index contributed by atoms with van der Waals surface area (Å²) in [5.74, 6) is 1.33. The molecule has 2 heterocycles. The molecule has 0 spiro atoms. The van der Waals surface area contributed by atoms with Crippen LogP contribution in [0.4, 0.5) is 23.7 Å². The number of carbonyl (C=O) groups excluding carboxylic acids is 1. The van der Waals surface area contributed by atoms with Crippen LogP contribution in [0.3, 0.4) is 0 Å². The van der Waals surface area contributed by atoms with Crippen LogP contribution < -0.4 is 5.32 Å². The van der Waals surface area contributed by atoms with E-state index >= 15 is 0 Å². The van der Waals surface area contributed by atoms with Crippen molar-refractivity contribution in [3.05, 3.63) is 41.5 Å². The maximum Gasteiger partial charge on any atom is 0.418 e. The zero-order valence-electron chi connectivity index (χ0n) is 13.8. The minimum atomic E-state index is -4.54. The second-order valence-electron chi connectivity index (χ2n) is 6.59. The van der Waals surface area contributed by atoms with E-state index < -0.39 is 23.8 Å². The lowest BCUT2D eigenvalue weighted by Crippen LogP contribution is -2.35. The number of amides is 2. The summed E-state index contributed by atoms with van der Waals surface area (Å²) in [6, 6.07) is 3.91. The van der Waals surface area contributed by atoms with Crippen LogP contribution in [0.2, 0.25) is 0 Å². The Morgan fingerprint density at radius 2 is 2.00 bits per heavy atom. The number of halogens is 3. The number of hydrogen-bond donors (Lipinski definition) is 1. The van der Waals surface area contributed by atoms with Crippen molar-refractivity contribution < 1.29 is 22.5 Å². The lowest BCUT2D eigenvalue weighted by atomic mass is 10.1. The van der Waals surface area contributed by atoms with Crippen LogP contribution in [0.15, 0.2) is 28.8 Å². The first-order valence-corrected chi connectivity index (χ1v) is 8.51. The van der Waals surface area contributed by atoms with Crippen molar-refractivity contribution >= 4 is 11.7 Å². The minimum absolute atomic E-state index is 0.264. The van der Waals surface area contributed by atoms with Crippen LogP contribution in [-0.2, 0) is 6.18 Å². The predicted octanol–water partition coefficient (Wildman–Crippen LogP) is 4.33. The quantitative estimate of drug-likeness (QED) is 0.877. The summed E-state index contributed by atoms with van der Waals surface area (Å²) in [5, 5.41) is 6.33. The molecule has 1 saturated carbocycles. The summed E-state index contributed by atoms with van der Waals surface area (Å²) in [7, 11) is 0. The number of rotatable bonds is 3. The van der Waals surface area contributed by atoms with E-state index in [4.69, 9.17) is 4.52 Å². The standard InChI is InChI=1S/C17H17F3N4O2/c18-17(19,20)11-4-1-2-5-12(11)21-16(25)24-9-3-6-13(24)15-22-14(23-26-15)10-7-8-10/h1-2,4-5,10,13H,3,6-9H2,(H,21,25). The van der Waals surface area contributed by atoms with Crippen molar-refractivity contribution in [3.63, 3.8) is 0 Å². The third kappa shape index (κ3) is 3.25. The summed E-state index contributed by atoms with van der Waals surface area (Å²) < 4.78 is 44.6. The van der Waals surface area contributed by atoms with Crippen LogP contribution in [0.25, 0.3) is 0 Å². The fraction of sp³-hybridized carbons (Fsp3) is 0.471. The molecule has 1 aromatic carbocycles. The molecule has 4 rings (SSSR count). The smallest absolute Gasteiger partial charge is 0.337 e. The van der Waals surface area contributed by atoms with Gasteiger partial charge in [0.25, 0.3) is 0 Å². The van der Waals surface area contributed by atoms with E-state index in [0.717, 1.165) is 25.3 Å². The number of para-hydroxylation sites is 1. The van der Waals surface area contributed by atoms with Crippen LogP contribution in [-0.4, -0.2) is 27.6 Å². The molecule has 1 aliphatic heterocycles. The highest BCUT2D eigenvalue weighted by Gasteiger charge is 2.38. The number of likely N-dealkylation sites (tertiary alicyclic amines) is 1. The van der Waals surface area contributed by atoms with Gasteiger partial charge in [0, 0.05) is 12.5 Å². The zero-order chi connectivity index (χ0) is 18.3. The van der Waals surface area contributed by atoms with Crippen molar-refractivity contribution in [1.82, 2.24) is 15.0 Å². The van der Waals surface area contributed by atoms with Gasteiger partial charge in [0.05, 0.1) is 11.3 Å². The Bertz CT molecular complexity index is 816. The first kappa shape index (κ1) is 16.9. The number of nitrogens with one attached hydrogen (secondary N) is 1. The molecule has 1 saturated heterocycles. The predicted molar refractivity (Wildman–Crippen MR) is 85.4 cm³/mol. The highest BCUT2D eigenvalue weighted by atomic mass is 19.4. The second-order valence-corrected chi connectivity index (χ2v) is 6.59. The number of alkyl halides is 3. The van der Waals surface area contributed by atoms with E-state index in [1.807, 2.05) is 0 Å². The fourth-order valence-corrected chi connectivity index (χ4v) is 3.18. The molecule has 9 heteroatoms. The molecule has 6 nitrogen and oxygen atoms in total. The van der Waals surface area contributed by atoms with Gasteiger partial charge in [-0.1, -0.05) is 17.3 Å². The molecule has 26 heavy (non-hydrogen) atoms. The first-order chi connectivity index (χ1) is 12.4. The third-order valence-corrected chi connectivity index (χ3v) is 4.67. The Morgan fingerprint density at radius 1 is 1.23 bits per heavy atom. The molecule has 138 valence electrons. The number of aromatic nitrogens is 2. The van der Waals surface area contributed by atoms with E-state index in [9.17, 15) is 18.0 Å². The fourth-order valence-electron chi connectivity index (χ4n) is 3.18. The van der Waals surface area contributed by atoms with E-state index in [1.54, 1.807) is 0 Å². The Morgan fingerprint density at radius 3 is 2.73 bits per heavy atom. The molecule has 1 aliphatic carbocycles. The van der Waals surface area contributed by atoms with Crippen molar-refractivity contribution in [2.24, 2.45) is 0 Å². The maximum atomic E-state index is 13.1. The van der Waals surface area contributed by atoms with E-state index in [2.05, 4.69) is 15.5 Å². The summed E-state index contributed by atoms with van der Waals surface area (Å²) in [6.45, 7) is 0.422. The van der Waals surface area contributed by atoms with Gasteiger partial charge in [-0.15, -0.1) is 0 Å². The minimum Gasteiger partial charge on any atom is -0.337 e. The Kier molecular flexibility index (Phi) is 4.08. The van der Waals surface area contributed by atoms with Gasteiger partial charge in [0.1, 0.15) is 6.04 Å². The van der Waals surface area contributed by atoms with Crippen molar-refractivity contribution in [3.8, 4) is 0 Å². The molecule has 1 N–H and O–H groups in total. The van der Waals surface area contributed by atoms with Crippen LogP contribution in [0.5, 0.6) is 0 Å². The molecular formula is C17H17F3N4O2. The molecule has 0 bridgehead atoms. The molecule has 2 aromatic rings. The molecule has 1 aromatic heterocycles. The van der Waals surface area contributed by atoms with Gasteiger partial charge < -0.3 is 14.7 Å². The van der Waals surface area contributed by atoms with Gasteiger partial charge >= 0.3 is 12.2 Å². The highest BCUT2D eigenvalue weighted by Crippen LogP contribution is 2.40. The van der Waals surface area contributed by atoms with E-state index in [1.165, 1.54) is 23.1 Å². The summed E-state index contributed by atoms with van der Waals surface area (Å²) in [5.41, 5.74) is -1.14. The molecule has 2 amide bonds. The van der Waals surface area contributed by atoms with Gasteiger partial charge in [0.15, 0.2) is 5.82 Å². The van der Waals surface area contributed by atoms with Crippen molar-refractivity contribution in [1.29, 1.82) is 0 Å². The third-order valence-electron chi connectivity index (χ3n) is 4.67. The van der Waals surface area contributed by atoms with E-state index in [0.29, 0.717) is 30.6 Å².